The molecule has 1 atom stereocenters. The number of methoxy groups -OCH3 is 1. The lowest BCUT2D eigenvalue weighted by Crippen LogP contribution is -2.47. The lowest BCUT2D eigenvalue weighted by molar-refractivity contribution is -0.136. The van der Waals surface area contributed by atoms with Crippen LogP contribution in [0.4, 0.5) is 4.79 Å². The average Bonchev–Trinajstić information content (AvgIpc) is 3.08. The van der Waals surface area contributed by atoms with E-state index in [1.165, 1.54) is 13.2 Å². The number of ether oxygens (including phenoxy) is 1. The number of hydrogen-bond donors (Lipinski definition) is 2. The van der Waals surface area contributed by atoms with Crippen LogP contribution in [0, 0.1) is 6.92 Å². The quantitative estimate of drug-likeness (QED) is 0.634. The predicted molar refractivity (Wildman–Crippen MR) is 109 cm³/mol. The van der Waals surface area contributed by atoms with Crippen molar-refractivity contribution in [3.63, 3.8) is 0 Å². The lowest BCUT2D eigenvalue weighted by Gasteiger charge is -2.29. The Hall–Kier alpha value is -2.17. The van der Waals surface area contributed by atoms with Crippen LogP contribution in [0.15, 0.2) is 55.7 Å². The molecule has 7 nitrogen and oxygen atoms in total. The van der Waals surface area contributed by atoms with Crippen LogP contribution in [0.2, 0.25) is 0 Å². The first-order chi connectivity index (χ1) is 13.2. The molecule has 2 N–H and O–H groups in total. The summed E-state index contributed by atoms with van der Waals surface area (Å²) >= 11 is 4.30. The molecule has 2 aromatic rings. The lowest BCUT2D eigenvalue weighted by atomic mass is 9.95. The van der Waals surface area contributed by atoms with E-state index in [1.807, 2.05) is 19.1 Å². The largest absolute Gasteiger partial charge is 0.466 e. The molecule has 1 aromatic carbocycles. The first-order valence-corrected chi connectivity index (χ1v) is 11.4. The maximum Gasteiger partial charge on any atom is 0.338 e. The SMILES string of the molecule is COC(=O)C1=C(CS(=O)(=O)c2ccc(Br)s2)NC(=O)N[C@H]1c1ccc(C)cc1. The molecule has 0 spiro atoms. The number of rotatable bonds is 5. The van der Waals surface area contributed by atoms with Gasteiger partial charge in [0.05, 0.1) is 28.3 Å². The molecule has 148 valence electrons. The summed E-state index contributed by atoms with van der Waals surface area (Å²) in [7, 11) is -2.56. The molecular weight excluding hydrogens is 468 g/mol. The molecule has 0 unspecified atom stereocenters. The van der Waals surface area contributed by atoms with Gasteiger partial charge in [-0.1, -0.05) is 29.8 Å². The maximum atomic E-state index is 12.8. The smallest absolute Gasteiger partial charge is 0.338 e. The highest BCUT2D eigenvalue weighted by Gasteiger charge is 2.35. The van der Waals surface area contributed by atoms with Crippen molar-refractivity contribution in [3.8, 4) is 0 Å². The van der Waals surface area contributed by atoms with Crippen molar-refractivity contribution in [1.29, 1.82) is 0 Å². The molecule has 1 aliphatic heterocycles. The van der Waals surface area contributed by atoms with Gasteiger partial charge in [0.2, 0.25) is 0 Å². The van der Waals surface area contributed by atoms with Gasteiger partial charge in [0.1, 0.15) is 4.21 Å². The number of urea groups is 1. The Kier molecular flexibility index (Phi) is 5.92. The van der Waals surface area contributed by atoms with Crippen molar-refractivity contribution < 1.29 is 22.7 Å². The first kappa shape index (κ1) is 20.6. The van der Waals surface area contributed by atoms with Gasteiger partial charge in [-0.3, -0.25) is 0 Å². The van der Waals surface area contributed by atoms with Crippen molar-refractivity contribution in [2.24, 2.45) is 0 Å². The van der Waals surface area contributed by atoms with E-state index < -0.39 is 33.6 Å². The summed E-state index contributed by atoms with van der Waals surface area (Å²) < 4.78 is 31.3. The number of halogens is 1. The highest BCUT2D eigenvalue weighted by Crippen LogP contribution is 2.31. The highest BCUT2D eigenvalue weighted by molar-refractivity contribution is 9.11. The number of hydrogen-bond acceptors (Lipinski definition) is 6. The standard InChI is InChI=1S/C18H17BrN2O5S2/c1-10-3-5-11(6-4-10)16-15(17(22)26-2)12(20-18(23)21-16)9-28(24,25)14-8-7-13(19)27-14/h3-8,16H,9H2,1-2H3,(H2,20,21,23)/t16-/m0/s1. The topological polar surface area (TPSA) is 102 Å². The van der Waals surface area contributed by atoms with Crippen LogP contribution < -0.4 is 10.6 Å². The number of benzene rings is 1. The van der Waals surface area contributed by atoms with Crippen LogP contribution in [0.3, 0.4) is 0 Å². The third kappa shape index (κ3) is 4.29. The molecule has 10 heteroatoms. The van der Waals surface area contributed by atoms with Gasteiger partial charge in [-0.2, -0.15) is 0 Å². The van der Waals surface area contributed by atoms with E-state index in [1.54, 1.807) is 18.2 Å². The number of aryl methyl sites for hydroxylation is 1. The van der Waals surface area contributed by atoms with E-state index in [9.17, 15) is 18.0 Å². The van der Waals surface area contributed by atoms with E-state index in [2.05, 4.69) is 26.6 Å². The van der Waals surface area contributed by atoms with E-state index >= 15 is 0 Å². The number of carbonyl (C=O) groups excluding carboxylic acids is 2. The van der Waals surface area contributed by atoms with Gasteiger partial charge in [-0.15, -0.1) is 11.3 Å². The zero-order valence-electron chi connectivity index (χ0n) is 15.0. The Morgan fingerprint density at radius 3 is 2.46 bits per heavy atom. The molecule has 0 saturated heterocycles. The van der Waals surface area contributed by atoms with Gasteiger partial charge in [-0.05, 0) is 40.5 Å². The van der Waals surface area contributed by atoms with E-state index in [4.69, 9.17) is 4.74 Å². The van der Waals surface area contributed by atoms with E-state index in [0.29, 0.717) is 9.35 Å². The average molecular weight is 485 g/mol. The van der Waals surface area contributed by atoms with Crippen molar-refractivity contribution in [1.82, 2.24) is 10.6 Å². The molecule has 0 fully saturated rings. The Labute approximate surface area is 174 Å². The predicted octanol–water partition coefficient (Wildman–Crippen LogP) is 3.07. The molecule has 1 aliphatic rings. The molecule has 0 saturated carbocycles. The van der Waals surface area contributed by atoms with E-state index in [-0.39, 0.29) is 15.5 Å². The fraction of sp³-hybridized carbons (Fsp3) is 0.222. The number of sulfone groups is 1. The van der Waals surface area contributed by atoms with Gasteiger partial charge in [-0.25, -0.2) is 18.0 Å². The molecule has 28 heavy (non-hydrogen) atoms. The minimum absolute atomic E-state index is 0.00528. The van der Waals surface area contributed by atoms with Crippen molar-refractivity contribution in [2.45, 2.75) is 17.2 Å². The molecule has 3 rings (SSSR count). The molecule has 0 aliphatic carbocycles. The Bertz CT molecular complexity index is 1060. The monoisotopic (exact) mass is 484 g/mol. The third-order valence-electron chi connectivity index (χ3n) is 4.16. The summed E-state index contributed by atoms with van der Waals surface area (Å²) in [5.74, 6) is -1.24. The van der Waals surface area contributed by atoms with Crippen molar-refractivity contribution in [2.75, 3.05) is 12.9 Å². The molecule has 0 radical (unpaired) electrons. The fourth-order valence-electron chi connectivity index (χ4n) is 2.82. The number of nitrogens with one attached hydrogen (secondary N) is 2. The maximum absolute atomic E-state index is 12.8. The van der Waals surface area contributed by atoms with Crippen LogP contribution >= 0.6 is 27.3 Å². The minimum Gasteiger partial charge on any atom is -0.466 e. The van der Waals surface area contributed by atoms with Crippen LogP contribution in [0.1, 0.15) is 17.2 Å². The Balaban J connectivity index is 2.08. The number of esters is 1. The highest BCUT2D eigenvalue weighted by atomic mass is 79.9. The van der Waals surface area contributed by atoms with Gasteiger partial charge in [0, 0.05) is 5.70 Å². The second kappa shape index (κ2) is 8.06. The second-order valence-electron chi connectivity index (χ2n) is 6.14. The second-order valence-corrected chi connectivity index (χ2v) is 10.8. The number of carbonyl (C=O) groups is 2. The minimum atomic E-state index is -3.77. The van der Waals surface area contributed by atoms with Crippen LogP contribution in [-0.4, -0.2) is 33.3 Å². The van der Waals surface area contributed by atoms with Gasteiger partial charge in [0.15, 0.2) is 9.84 Å². The molecule has 0 bridgehead atoms. The van der Waals surface area contributed by atoms with Gasteiger partial charge < -0.3 is 15.4 Å². The van der Waals surface area contributed by atoms with Gasteiger partial charge in [0.25, 0.3) is 0 Å². The normalized spacial score (nSPS) is 17.1. The number of thiophene rings is 1. The molecule has 1 aromatic heterocycles. The Morgan fingerprint density at radius 1 is 1.21 bits per heavy atom. The fourth-order valence-corrected chi connectivity index (χ4v) is 6.24. The molecular formula is C18H17BrN2O5S2. The Morgan fingerprint density at radius 2 is 1.89 bits per heavy atom. The van der Waals surface area contributed by atoms with E-state index in [0.717, 1.165) is 16.9 Å². The van der Waals surface area contributed by atoms with Gasteiger partial charge >= 0.3 is 12.0 Å². The zero-order valence-corrected chi connectivity index (χ0v) is 18.2. The summed E-state index contributed by atoms with van der Waals surface area (Å²) in [4.78, 5) is 24.7. The van der Waals surface area contributed by atoms with Crippen LogP contribution in [0.25, 0.3) is 0 Å². The molecule has 2 heterocycles. The summed E-state index contributed by atoms with van der Waals surface area (Å²) in [6.07, 6.45) is 0. The molecule has 2 amide bonds. The summed E-state index contributed by atoms with van der Waals surface area (Å²) in [6.45, 7) is 1.92. The first-order valence-electron chi connectivity index (χ1n) is 8.15. The number of amides is 2. The summed E-state index contributed by atoms with van der Waals surface area (Å²) in [6, 6.07) is 8.94. The van der Waals surface area contributed by atoms with Crippen molar-refractivity contribution >= 4 is 49.1 Å². The van der Waals surface area contributed by atoms with Crippen LogP contribution in [-0.2, 0) is 19.4 Å². The zero-order chi connectivity index (χ0) is 20.5. The summed E-state index contributed by atoms with van der Waals surface area (Å²) in [5.41, 5.74) is 1.73. The third-order valence-corrected chi connectivity index (χ3v) is 8.01. The summed E-state index contributed by atoms with van der Waals surface area (Å²) in [5, 5.41) is 5.14. The van der Waals surface area contributed by atoms with Crippen molar-refractivity contribution in [3.05, 3.63) is 62.6 Å². The van der Waals surface area contributed by atoms with Crippen LogP contribution in [0.5, 0.6) is 0 Å².